The minimum Gasteiger partial charge on any atom is -0.493 e. The van der Waals surface area contributed by atoms with Gasteiger partial charge in [0.05, 0.1) is 7.11 Å². The Morgan fingerprint density at radius 3 is 2.50 bits per heavy atom. The molecule has 0 aliphatic carbocycles. The van der Waals surface area contributed by atoms with Gasteiger partial charge in [-0.15, -0.1) is 0 Å². The van der Waals surface area contributed by atoms with Gasteiger partial charge in [-0.2, -0.15) is 0 Å². The van der Waals surface area contributed by atoms with E-state index in [1.807, 2.05) is 26.2 Å². The predicted molar refractivity (Wildman–Crippen MR) is 108 cm³/mol. The number of methoxy groups -OCH3 is 1. The Bertz CT molecular complexity index is 1070. The van der Waals surface area contributed by atoms with Gasteiger partial charge in [-0.05, 0) is 43.4 Å². The van der Waals surface area contributed by atoms with Gasteiger partial charge in [-0.1, -0.05) is 18.2 Å². The van der Waals surface area contributed by atoms with Gasteiger partial charge in [-0.3, -0.25) is 4.79 Å². The zero-order chi connectivity index (χ0) is 19.8. The van der Waals surface area contributed by atoms with Gasteiger partial charge in [-0.25, -0.2) is 0 Å². The standard InChI is InChI=1S/C22H23NO5/c1-13(24)28-21-17(25-4)8-7-14-5-6-15-11-16(9-10-23(2)3)20-22(27-12-26-20)19(15)18(14)21/h5-8,11H,9-10,12H2,1-4H3. The molecule has 0 spiro atoms. The maximum atomic E-state index is 11.8. The van der Waals surface area contributed by atoms with Crippen molar-refractivity contribution in [3.63, 3.8) is 0 Å². The molecule has 6 heteroatoms. The average Bonchev–Trinajstić information content (AvgIpc) is 3.15. The van der Waals surface area contributed by atoms with Crippen LogP contribution in [0.4, 0.5) is 0 Å². The van der Waals surface area contributed by atoms with Crippen LogP contribution in [0, 0.1) is 0 Å². The fraction of sp³-hybridized carbons (Fsp3) is 0.318. The number of ether oxygens (including phenoxy) is 4. The molecule has 146 valence electrons. The molecule has 0 radical (unpaired) electrons. The van der Waals surface area contributed by atoms with Gasteiger partial charge in [0.2, 0.25) is 6.79 Å². The molecule has 0 saturated heterocycles. The summed E-state index contributed by atoms with van der Waals surface area (Å²) in [6, 6.07) is 9.95. The SMILES string of the molecule is COc1ccc2ccc3cc(CCN(C)C)c4c(c3c2c1OC(C)=O)OCO4. The highest BCUT2D eigenvalue weighted by Crippen LogP contribution is 2.49. The average molecular weight is 381 g/mol. The largest absolute Gasteiger partial charge is 0.493 e. The van der Waals surface area contributed by atoms with Crippen molar-refractivity contribution in [2.45, 2.75) is 13.3 Å². The first kappa shape index (κ1) is 18.4. The molecular weight excluding hydrogens is 358 g/mol. The summed E-state index contributed by atoms with van der Waals surface area (Å²) in [4.78, 5) is 13.9. The van der Waals surface area contributed by atoms with Crippen molar-refractivity contribution < 1.29 is 23.7 Å². The van der Waals surface area contributed by atoms with Gasteiger partial charge in [0.15, 0.2) is 23.0 Å². The third kappa shape index (κ3) is 3.10. The number of rotatable bonds is 5. The molecule has 1 heterocycles. The Morgan fingerprint density at radius 2 is 1.79 bits per heavy atom. The molecular formula is C22H23NO5. The Balaban J connectivity index is 2.04. The first-order chi connectivity index (χ1) is 13.5. The number of benzene rings is 3. The normalized spacial score (nSPS) is 12.8. The van der Waals surface area contributed by atoms with Crippen LogP contribution in [0.5, 0.6) is 23.0 Å². The molecule has 28 heavy (non-hydrogen) atoms. The third-order valence-corrected chi connectivity index (χ3v) is 4.89. The lowest BCUT2D eigenvalue weighted by Crippen LogP contribution is -2.15. The molecule has 6 nitrogen and oxygen atoms in total. The van der Waals surface area contributed by atoms with Crippen LogP contribution in [0.15, 0.2) is 30.3 Å². The van der Waals surface area contributed by atoms with Crippen molar-refractivity contribution >= 4 is 27.5 Å². The van der Waals surface area contributed by atoms with Gasteiger partial charge in [0, 0.05) is 29.8 Å². The Labute approximate surface area is 163 Å². The van der Waals surface area contributed by atoms with E-state index in [-0.39, 0.29) is 6.79 Å². The lowest BCUT2D eigenvalue weighted by molar-refractivity contribution is -0.131. The molecule has 0 bridgehead atoms. The smallest absolute Gasteiger partial charge is 0.308 e. The van der Waals surface area contributed by atoms with E-state index in [0.717, 1.165) is 45.8 Å². The van der Waals surface area contributed by atoms with E-state index in [9.17, 15) is 4.79 Å². The molecule has 1 aliphatic heterocycles. The van der Waals surface area contributed by atoms with Crippen molar-refractivity contribution in [1.29, 1.82) is 0 Å². The van der Waals surface area contributed by atoms with Crippen LogP contribution >= 0.6 is 0 Å². The third-order valence-electron chi connectivity index (χ3n) is 4.89. The first-order valence-electron chi connectivity index (χ1n) is 9.17. The van der Waals surface area contributed by atoms with Crippen molar-refractivity contribution in [2.24, 2.45) is 0 Å². The number of fused-ring (bicyclic) bond motifs is 5. The van der Waals surface area contributed by atoms with E-state index in [4.69, 9.17) is 18.9 Å². The van der Waals surface area contributed by atoms with Crippen molar-refractivity contribution in [1.82, 2.24) is 4.90 Å². The minimum atomic E-state index is -0.404. The highest BCUT2D eigenvalue weighted by molar-refractivity contribution is 6.16. The Morgan fingerprint density at radius 1 is 1.07 bits per heavy atom. The fourth-order valence-corrected chi connectivity index (χ4v) is 3.64. The Hall–Kier alpha value is -2.99. The van der Waals surface area contributed by atoms with E-state index < -0.39 is 5.97 Å². The summed E-state index contributed by atoms with van der Waals surface area (Å²) in [5, 5.41) is 3.59. The molecule has 0 unspecified atom stereocenters. The topological polar surface area (TPSA) is 57.2 Å². The number of hydrogen-bond acceptors (Lipinski definition) is 6. The number of nitrogens with zero attached hydrogens (tertiary/aromatic N) is 1. The number of esters is 1. The lowest BCUT2D eigenvalue weighted by atomic mass is 9.96. The molecule has 0 atom stereocenters. The van der Waals surface area contributed by atoms with Crippen LogP contribution in [-0.4, -0.2) is 45.4 Å². The zero-order valence-electron chi connectivity index (χ0n) is 16.5. The van der Waals surface area contributed by atoms with E-state index in [0.29, 0.717) is 17.2 Å². The Kier molecular flexibility index (Phi) is 4.73. The molecule has 4 rings (SSSR count). The van der Waals surface area contributed by atoms with E-state index >= 15 is 0 Å². The quantitative estimate of drug-likeness (QED) is 0.381. The first-order valence-corrected chi connectivity index (χ1v) is 9.17. The van der Waals surface area contributed by atoms with E-state index in [1.54, 1.807) is 13.2 Å². The van der Waals surface area contributed by atoms with Crippen LogP contribution in [-0.2, 0) is 11.2 Å². The van der Waals surface area contributed by atoms with Crippen LogP contribution in [0.2, 0.25) is 0 Å². The van der Waals surface area contributed by atoms with Crippen molar-refractivity contribution in [2.75, 3.05) is 34.5 Å². The molecule has 3 aromatic carbocycles. The van der Waals surface area contributed by atoms with E-state index in [2.05, 4.69) is 17.0 Å². The molecule has 0 N–H and O–H groups in total. The fourth-order valence-electron chi connectivity index (χ4n) is 3.64. The van der Waals surface area contributed by atoms with Crippen molar-refractivity contribution in [3.05, 3.63) is 35.9 Å². The van der Waals surface area contributed by atoms with E-state index in [1.165, 1.54) is 6.92 Å². The molecule has 0 saturated carbocycles. The van der Waals surface area contributed by atoms with Crippen LogP contribution in [0.3, 0.4) is 0 Å². The molecule has 0 aromatic heterocycles. The highest BCUT2D eigenvalue weighted by atomic mass is 16.7. The second-order valence-electron chi connectivity index (χ2n) is 7.11. The van der Waals surface area contributed by atoms with Gasteiger partial charge in [0.25, 0.3) is 0 Å². The summed E-state index contributed by atoms with van der Waals surface area (Å²) in [6.07, 6.45) is 0.849. The number of hydrogen-bond donors (Lipinski definition) is 0. The lowest BCUT2D eigenvalue weighted by Gasteiger charge is -2.16. The zero-order valence-corrected chi connectivity index (χ0v) is 16.5. The monoisotopic (exact) mass is 381 g/mol. The van der Waals surface area contributed by atoms with Gasteiger partial charge < -0.3 is 23.8 Å². The van der Waals surface area contributed by atoms with Crippen LogP contribution < -0.4 is 18.9 Å². The molecule has 3 aromatic rings. The predicted octanol–water partition coefficient (Wildman–Crippen LogP) is 3.76. The van der Waals surface area contributed by atoms with Crippen molar-refractivity contribution in [3.8, 4) is 23.0 Å². The van der Waals surface area contributed by atoms with Gasteiger partial charge >= 0.3 is 5.97 Å². The second-order valence-corrected chi connectivity index (χ2v) is 7.11. The molecule has 1 aliphatic rings. The maximum Gasteiger partial charge on any atom is 0.308 e. The summed E-state index contributed by atoms with van der Waals surface area (Å²) >= 11 is 0. The number of likely N-dealkylation sites (N-methyl/N-ethyl adjacent to an activating group) is 1. The molecule has 0 fully saturated rings. The summed E-state index contributed by atoms with van der Waals surface area (Å²) in [6.45, 7) is 2.46. The van der Waals surface area contributed by atoms with Crippen LogP contribution in [0.1, 0.15) is 12.5 Å². The molecule has 0 amide bonds. The summed E-state index contributed by atoms with van der Waals surface area (Å²) < 4.78 is 22.7. The number of carbonyl (C=O) groups excluding carboxylic acids is 1. The maximum absolute atomic E-state index is 11.8. The van der Waals surface area contributed by atoms with Gasteiger partial charge in [0.1, 0.15) is 0 Å². The number of carbonyl (C=O) groups is 1. The second kappa shape index (κ2) is 7.20. The highest BCUT2D eigenvalue weighted by Gasteiger charge is 2.25. The van der Waals surface area contributed by atoms with Crippen LogP contribution in [0.25, 0.3) is 21.5 Å². The minimum absolute atomic E-state index is 0.173. The summed E-state index contributed by atoms with van der Waals surface area (Å²) in [7, 11) is 5.65. The summed E-state index contributed by atoms with van der Waals surface area (Å²) in [5.74, 6) is 1.95. The summed E-state index contributed by atoms with van der Waals surface area (Å²) in [5.41, 5.74) is 1.10.